The Morgan fingerprint density at radius 2 is 1.78 bits per heavy atom. The van der Waals surface area contributed by atoms with E-state index in [1.165, 1.54) is 5.56 Å². The molecule has 0 amide bonds. The number of ether oxygens (including phenoxy) is 2. The van der Waals surface area contributed by atoms with Crippen LogP contribution >= 0.6 is 0 Å². The molecule has 0 fully saturated rings. The third-order valence-electron chi connectivity index (χ3n) is 4.05. The Morgan fingerprint density at radius 3 is 2.35 bits per heavy atom. The van der Waals surface area contributed by atoms with Crippen LogP contribution in [0, 0.1) is 0 Å². The Kier molecular flexibility index (Phi) is 11.4. The van der Waals surface area contributed by atoms with Crippen molar-refractivity contribution in [2.75, 3.05) is 39.5 Å². The zero-order valence-electron chi connectivity index (χ0n) is 14.2. The van der Waals surface area contributed by atoms with Crippen molar-refractivity contribution in [2.45, 2.75) is 20.4 Å². The molecular formula is C18H28ClNO3. The van der Waals surface area contributed by atoms with Crippen molar-refractivity contribution in [1.82, 2.24) is 0 Å². The molecule has 0 aliphatic carbocycles. The molecule has 5 heteroatoms. The largest absolute Gasteiger partial charge is 1.00 e. The summed E-state index contributed by atoms with van der Waals surface area (Å²) in [7, 11) is 0. The van der Waals surface area contributed by atoms with Crippen LogP contribution in [0.15, 0.2) is 43.0 Å². The van der Waals surface area contributed by atoms with Crippen molar-refractivity contribution in [3.05, 3.63) is 48.6 Å². The lowest BCUT2D eigenvalue weighted by molar-refractivity contribution is -0.938. The predicted molar refractivity (Wildman–Crippen MR) is 88.3 cm³/mol. The summed E-state index contributed by atoms with van der Waals surface area (Å²) >= 11 is 0. The molecule has 0 radical (unpaired) electrons. The van der Waals surface area contributed by atoms with Crippen LogP contribution in [-0.2, 0) is 20.8 Å². The van der Waals surface area contributed by atoms with Gasteiger partial charge in [-0.3, -0.25) is 0 Å². The molecule has 0 atom stereocenters. The number of hydrogen-bond donors (Lipinski definition) is 0. The van der Waals surface area contributed by atoms with Gasteiger partial charge in [0.2, 0.25) is 0 Å². The molecule has 0 saturated carbocycles. The van der Waals surface area contributed by atoms with Gasteiger partial charge in [0.05, 0.1) is 26.3 Å². The first kappa shape index (κ1) is 21.6. The predicted octanol–water partition coefficient (Wildman–Crippen LogP) is -0.207. The number of esters is 1. The highest BCUT2D eigenvalue weighted by molar-refractivity contribution is 5.81. The summed E-state index contributed by atoms with van der Waals surface area (Å²) in [5.74, 6) is -0.403. The van der Waals surface area contributed by atoms with Crippen molar-refractivity contribution >= 4 is 5.97 Å². The van der Waals surface area contributed by atoms with Crippen molar-refractivity contribution in [3.63, 3.8) is 0 Å². The van der Waals surface area contributed by atoms with Crippen LogP contribution in [-0.4, -0.2) is 49.9 Å². The molecule has 0 bridgehead atoms. The van der Waals surface area contributed by atoms with Gasteiger partial charge < -0.3 is 26.4 Å². The van der Waals surface area contributed by atoms with E-state index in [2.05, 4.69) is 44.7 Å². The lowest BCUT2D eigenvalue weighted by Crippen LogP contribution is -3.00. The minimum absolute atomic E-state index is 0. The summed E-state index contributed by atoms with van der Waals surface area (Å²) in [6.07, 6.45) is 1.16. The van der Waals surface area contributed by atoms with Crippen LogP contribution in [0.25, 0.3) is 0 Å². The average Bonchev–Trinajstić information content (AvgIpc) is 2.57. The number of carbonyl (C=O) groups excluding carboxylic acids is 1. The fraction of sp³-hybridized carbons (Fsp3) is 0.500. The number of carbonyl (C=O) groups is 1. The normalized spacial score (nSPS) is 10.7. The number of benzene rings is 1. The molecule has 0 heterocycles. The van der Waals surface area contributed by atoms with Gasteiger partial charge >= 0.3 is 5.97 Å². The molecule has 130 valence electrons. The molecule has 0 aliphatic rings. The number of nitrogens with zero attached hydrogens (tertiary/aromatic N) is 1. The van der Waals surface area contributed by atoms with Crippen LogP contribution in [0.3, 0.4) is 0 Å². The Morgan fingerprint density at radius 1 is 1.13 bits per heavy atom. The van der Waals surface area contributed by atoms with Crippen LogP contribution < -0.4 is 12.4 Å². The average molecular weight is 342 g/mol. The smallest absolute Gasteiger partial charge is 0.330 e. The molecule has 0 N–H and O–H groups in total. The maximum absolute atomic E-state index is 10.9. The third-order valence-corrected chi connectivity index (χ3v) is 4.05. The lowest BCUT2D eigenvalue weighted by atomic mass is 10.2. The SMILES string of the molecule is C=CC(=O)OCCOCC[N+](CC)(CC)Cc1ccccc1.[Cl-]. The Balaban J connectivity index is 0.00000484. The third kappa shape index (κ3) is 8.16. The van der Waals surface area contributed by atoms with Gasteiger partial charge in [-0.2, -0.15) is 0 Å². The van der Waals surface area contributed by atoms with Crippen LogP contribution in [0.2, 0.25) is 0 Å². The van der Waals surface area contributed by atoms with Crippen molar-refractivity contribution < 1.29 is 31.2 Å². The highest BCUT2D eigenvalue weighted by Crippen LogP contribution is 2.14. The van der Waals surface area contributed by atoms with Crippen LogP contribution in [0.1, 0.15) is 19.4 Å². The minimum Gasteiger partial charge on any atom is -1.00 e. The summed E-state index contributed by atoms with van der Waals surface area (Å²) < 4.78 is 11.5. The van der Waals surface area contributed by atoms with Gasteiger partial charge in [-0.15, -0.1) is 0 Å². The zero-order valence-corrected chi connectivity index (χ0v) is 14.9. The van der Waals surface area contributed by atoms with Crippen molar-refractivity contribution in [3.8, 4) is 0 Å². The van der Waals surface area contributed by atoms with E-state index in [0.29, 0.717) is 13.2 Å². The zero-order chi connectivity index (χ0) is 16.3. The summed E-state index contributed by atoms with van der Waals surface area (Å²) in [5.41, 5.74) is 1.35. The standard InChI is InChI=1S/C18H28NO3.ClH/c1-4-18(20)22-15-14-21-13-12-19(5-2,6-3)16-17-10-8-7-9-11-17;/h4,7-11H,1,5-6,12-16H2,2-3H3;1H/q+1;/p-1. The second-order valence-electron chi connectivity index (χ2n) is 5.33. The van der Waals surface area contributed by atoms with Gasteiger partial charge in [0.15, 0.2) is 0 Å². The monoisotopic (exact) mass is 341 g/mol. The van der Waals surface area contributed by atoms with Gasteiger partial charge in [0, 0.05) is 11.6 Å². The molecule has 23 heavy (non-hydrogen) atoms. The summed E-state index contributed by atoms with van der Waals surface area (Å²) in [6.45, 7) is 13.3. The minimum atomic E-state index is -0.403. The molecule has 0 spiro atoms. The molecule has 4 nitrogen and oxygen atoms in total. The van der Waals surface area contributed by atoms with Crippen LogP contribution in [0.4, 0.5) is 0 Å². The maximum atomic E-state index is 10.9. The van der Waals surface area contributed by atoms with Crippen molar-refractivity contribution in [1.29, 1.82) is 0 Å². The summed E-state index contributed by atoms with van der Waals surface area (Å²) in [5, 5.41) is 0. The quantitative estimate of drug-likeness (QED) is 0.242. The van der Waals surface area contributed by atoms with E-state index in [-0.39, 0.29) is 19.0 Å². The van der Waals surface area contributed by atoms with Crippen LogP contribution in [0.5, 0.6) is 0 Å². The topological polar surface area (TPSA) is 35.5 Å². The molecule has 0 aliphatic heterocycles. The Bertz CT molecular complexity index is 447. The second kappa shape index (κ2) is 12.1. The number of likely N-dealkylation sites (N-methyl/N-ethyl adjacent to an activating group) is 1. The Labute approximate surface area is 146 Å². The lowest BCUT2D eigenvalue weighted by Gasteiger charge is -2.37. The first-order valence-electron chi connectivity index (χ1n) is 7.91. The van der Waals surface area contributed by atoms with E-state index in [9.17, 15) is 4.79 Å². The van der Waals surface area contributed by atoms with E-state index >= 15 is 0 Å². The number of hydrogen-bond acceptors (Lipinski definition) is 3. The van der Waals surface area contributed by atoms with Gasteiger partial charge in [0.25, 0.3) is 0 Å². The molecule has 0 unspecified atom stereocenters. The van der Waals surface area contributed by atoms with Gasteiger partial charge in [-0.05, 0) is 13.8 Å². The molecule has 1 rings (SSSR count). The summed E-state index contributed by atoms with van der Waals surface area (Å²) in [4.78, 5) is 10.9. The summed E-state index contributed by atoms with van der Waals surface area (Å²) in [6, 6.07) is 10.6. The molecule has 1 aromatic carbocycles. The van der Waals surface area contributed by atoms with E-state index in [0.717, 1.165) is 36.7 Å². The van der Waals surface area contributed by atoms with E-state index in [4.69, 9.17) is 9.47 Å². The fourth-order valence-electron chi connectivity index (χ4n) is 2.43. The number of halogens is 1. The van der Waals surface area contributed by atoms with E-state index in [1.807, 2.05) is 6.07 Å². The second-order valence-corrected chi connectivity index (χ2v) is 5.33. The maximum Gasteiger partial charge on any atom is 0.330 e. The van der Waals surface area contributed by atoms with E-state index < -0.39 is 5.97 Å². The molecule has 0 aromatic heterocycles. The van der Waals surface area contributed by atoms with E-state index in [1.54, 1.807) is 0 Å². The van der Waals surface area contributed by atoms with Gasteiger partial charge in [0.1, 0.15) is 19.7 Å². The van der Waals surface area contributed by atoms with Gasteiger partial charge in [-0.1, -0.05) is 36.9 Å². The Hall–Kier alpha value is -1.36. The highest BCUT2D eigenvalue weighted by Gasteiger charge is 2.23. The first-order valence-corrected chi connectivity index (χ1v) is 7.91. The molecule has 1 aromatic rings. The van der Waals surface area contributed by atoms with Crippen molar-refractivity contribution in [2.24, 2.45) is 0 Å². The number of quaternary nitrogens is 1. The fourth-order valence-corrected chi connectivity index (χ4v) is 2.43. The highest BCUT2D eigenvalue weighted by atomic mass is 35.5. The first-order chi connectivity index (χ1) is 10.7. The molecule has 0 saturated heterocycles. The number of rotatable bonds is 11. The van der Waals surface area contributed by atoms with Gasteiger partial charge in [-0.25, -0.2) is 4.79 Å². The molecular weight excluding hydrogens is 314 g/mol.